The van der Waals surface area contributed by atoms with Crippen molar-refractivity contribution in [2.75, 3.05) is 12.3 Å². The van der Waals surface area contributed by atoms with Crippen molar-refractivity contribution < 1.29 is 0 Å². The third-order valence-electron chi connectivity index (χ3n) is 4.01. The highest BCUT2D eigenvalue weighted by atomic mass is 32.1. The van der Waals surface area contributed by atoms with E-state index in [9.17, 15) is 0 Å². The molecule has 122 valence electrons. The lowest BCUT2D eigenvalue weighted by Gasteiger charge is -2.22. The number of aromatic nitrogens is 2. The molecule has 1 aromatic carbocycles. The molecule has 0 saturated heterocycles. The first-order valence-corrected chi connectivity index (χ1v) is 9.06. The van der Waals surface area contributed by atoms with Gasteiger partial charge in [0.25, 0.3) is 0 Å². The molecule has 0 saturated carbocycles. The van der Waals surface area contributed by atoms with Crippen LogP contribution in [0.15, 0.2) is 35.3 Å². The Morgan fingerprint density at radius 1 is 1.13 bits per heavy atom. The Morgan fingerprint density at radius 3 is 2.78 bits per heavy atom. The minimum absolute atomic E-state index is 0.260. The summed E-state index contributed by atoms with van der Waals surface area (Å²) in [6.45, 7) is 1.02. The summed E-state index contributed by atoms with van der Waals surface area (Å²) in [5, 5.41) is 13.0. The molecule has 2 aromatic rings. The van der Waals surface area contributed by atoms with Crippen molar-refractivity contribution in [1.82, 2.24) is 15.5 Å². The molecule has 0 amide bonds. The zero-order chi connectivity index (χ0) is 15.9. The van der Waals surface area contributed by atoms with E-state index in [0.717, 1.165) is 37.2 Å². The smallest absolute Gasteiger partial charge is 0.203 e. The number of nitrogens with one attached hydrogen (secondary N) is 1. The monoisotopic (exact) mass is 329 g/mol. The maximum atomic E-state index is 5.59. The predicted molar refractivity (Wildman–Crippen MR) is 95.9 cm³/mol. The van der Waals surface area contributed by atoms with Crippen molar-refractivity contribution in [3.05, 3.63) is 40.9 Å². The lowest BCUT2D eigenvalue weighted by Crippen LogP contribution is -2.35. The number of aryl methyl sites for hydroxylation is 1. The summed E-state index contributed by atoms with van der Waals surface area (Å²) in [7, 11) is 0. The number of benzene rings is 1. The second kappa shape index (κ2) is 8.17. The van der Waals surface area contributed by atoms with E-state index < -0.39 is 0 Å². The van der Waals surface area contributed by atoms with E-state index in [-0.39, 0.29) is 6.17 Å². The number of aliphatic imine (C=N–C) groups is 1. The van der Waals surface area contributed by atoms with Gasteiger partial charge in [0.2, 0.25) is 5.13 Å². The predicted octanol–water partition coefficient (Wildman–Crippen LogP) is 3.03. The van der Waals surface area contributed by atoms with Gasteiger partial charge in [-0.25, -0.2) is 0 Å². The molecule has 3 N–H and O–H groups in total. The lowest BCUT2D eigenvalue weighted by atomic mass is 10.0. The zero-order valence-electron chi connectivity index (χ0n) is 13.2. The van der Waals surface area contributed by atoms with Crippen LogP contribution in [0.5, 0.6) is 0 Å². The molecule has 0 radical (unpaired) electrons. The summed E-state index contributed by atoms with van der Waals surface area (Å²) >= 11 is 1.49. The Hall–Kier alpha value is -1.79. The molecule has 1 atom stereocenters. The number of rotatable bonds is 7. The fourth-order valence-electron chi connectivity index (χ4n) is 2.83. The molecular formula is C17H23N5S. The molecule has 1 aliphatic rings. The fourth-order valence-corrected chi connectivity index (χ4v) is 3.48. The van der Waals surface area contributed by atoms with Crippen LogP contribution in [0.4, 0.5) is 5.13 Å². The molecule has 3 rings (SSSR count). The van der Waals surface area contributed by atoms with E-state index in [1.54, 1.807) is 0 Å². The number of unbranched alkanes of at least 4 members (excludes halogenated alkanes) is 2. The van der Waals surface area contributed by atoms with Crippen LogP contribution in [0.2, 0.25) is 0 Å². The normalized spacial score (nSPS) is 17.9. The molecule has 5 nitrogen and oxygen atoms in total. The Morgan fingerprint density at radius 2 is 2.00 bits per heavy atom. The van der Waals surface area contributed by atoms with Gasteiger partial charge in [-0.1, -0.05) is 48.1 Å². The van der Waals surface area contributed by atoms with Gasteiger partial charge >= 0.3 is 0 Å². The molecule has 0 aliphatic carbocycles. The quantitative estimate of drug-likeness (QED) is 0.766. The highest BCUT2D eigenvalue weighted by Crippen LogP contribution is 2.16. The van der Waals surface area contributed by atoms with Crippen LogP contribution in [-0.4, -0.2) is 28.6 Å². The number of nitrogens with zero attached hydrogens (tertiary/aromatic N) is 3. The SMILES string of the molecule is Nc1nnc(CCCCCC2N=C(c3ccccc3)CCN2)s1. The lowest BCUT2D eigenvalue weighted by molar-refractivity contribution is 0.462. The van der Waals surface area contributed by atoms with Gasteiger partial charge in [-0.05, 0) is 24.8 Å². The summed E-state index contributed by atoms with van der Waals surface area (Å²) in [6, 6.07) is 10.5. The van der Waals surface area contributed by atoms with E-state index in [2.05, 4.69) is 39.8 Å². The minimum Gasteiger partial charge on any atom is -0.374 e. The Balaban J connectivity index is 1.41. The standard InChI is InChI=1S/C17H23N5S/c18-17-22-21-16(23-17)10-6-2-5-9-15-19-12-11-14(20-15)13-7-3-1-4-8-13/h1,3-4,7-8,15,19H,2,5-6,9-12H2,(H2,18,22). The first kappa shape index (κ1) is 16.1. The fraction of sp³-hybridized carbons (Fsp3) is 0.471. The Labute approximate surface area is 141 Å². The molecule has 1 unspecified atom stereocenters. The zero-order valence-corrected chi connectivity index (χ0v) is 14.1. The van der Waals surface area contributed by atoms with Crippen molar-refractivity contribution in [3.63, 3.8) is 0 Å². The second-order valence-electron chi connectivity index (χ2n) is 5.80. The van der Waals surface area contributed by atoms with Gasteiger partial charge in [0.15, 0.2) is 0 Å². The van der Waals surface area contributed by atoms with Crippen molar-refractivity contribution in [2.24, 2.45) is 4.99 Å². The van der Waals surface area contributed by atoms with Gasteiger partial charge in [-0.3, -0.25) is 10.3 Å². The van der Waals surface area contributed by atoms with Crippen molar-refractivity contribution in [2.45, 2.75) is 44.7 Å². The molecule has 0 fully saturated rings. The summed E-state index contributed by atoms with van der Waals surface area (Å²) in [5.74, 6) is 0. The van der Waals surface area contributed by atoms with Crippen LogP contribution in [0.1, 0.15) is 42.7 Å². The van der Waals surface area contributed by atoms with Crippen LogP contribution in [0.3, 0.4) is 0 Å². The topological polar surface area (TPSA) is 76.2 Å². The van der Waals surface area contributed by atoms with Gasteiger partial charge in [0, 0.05) is 25.1 Å². The summed E-state index contributed by atoms with van der Waals surface area (Å²) in [4.78, 5) is 4.88. The van der Waals surface area contributed by atoms with Gasteiger partial charge < -0.3 is 5.73 Å². The van der Waals surface area contributed by atoms with Crippen LogP contribution in [0.25, 0.3) is 0 Å². The second-order valence-corrected chi connectivity index (χ2v) is 6.89. The first-order chi connectivity index (χ1) is 11.3. The average molecular weight is 329 g/mol. The number of hydrogen-bond donors (Lipinski definition) is 2. The van der Waals surface area contributed by atoms with E-state index >= 15 is 0 Å². The van der Waals surface area contributed by atoms with E-state index in [1.807, 2.05) is 6.07 Å². The Kier molecular flexibility index (Phi) is 5.71. The van der Waals surface area contributed by atoms with Crippen molar-refractivity contribution >= 4 is 22.2 Å². The average Bonchev–Trinajstić information content (AvgIpc) is 3.01. The number of anilines is 1. The molecule has 2 heterocycles. The third kappa shape index (κ3) is 4.84. The van der Waals surface area contributed by atoms with E-state index in [1.165, 1.54) is 35.5 Å². The van der Waals surface area contributed by atoms with Crippen LogP contribution >= 0.6 is 11.3 Å². The molecule has 23 heavy (non-hydrogen) atoms. The van der Waals surface area contributed by atoms with Crippen molar-refractivity contribution in [3.8, 4) is 0 Å². The van der Waals surface area contributed by atoms with E-state index in [4.69, 9.17) is 10.7 Å². The highest BCUT2D eigenvalue weighted by Gasteiger charge is 2.14. The summed E-state index contributed by atoms with van der Waals surface area (Å²) in [5.41, 5.74) is 8.08. The highest BCUT2D eigenvalue weighted by molar-refractivity contribution is 7.15. The molecule has 1 aliphatic heterocycles. The van der Waals surface area contributed by atoms with Crippen molar-refractivity contribution in [1.29, 1.82) is 0 Å². The van der Waals surface area contributed by atoms with Crippen LogP contribution in [0, 0.1) is 0 Å². The largest absolute Gasteiger partial charge is 0.374 e. The van der Waals surface area contributed by atoms with Gasteiger partial charge in [-0.2, -0.15) is 0 Å². The Bertz CT molecular complexity index is 637. The maximum absolute atomic E-state index is 5.59. The molecule has 1 aromatic heterocycles. The number of nitrogen functional groups attached to an aromatic ring is 1. The first-order valence-electron chi connectivity index (χ1n) is 8.24. The van der Waals surface area contributed by atoms with E-state index in [0.29, 0.717) is 5.13 Å². The molecule has 6 heteroatoms. The van der Waals surface area contributed by atoms with Gasteiger partial charge in [-0.15, -0.1) is 10.2 Å². The summed E-state index contributed by atoms with van der Waals surface area (Å²) < 4.78 is 0. The molecular weight excluding hydrogens is 306 g/mol. The maximum Gasteiger partial charge on any atom is 0.203 e. The van der Waals surface area contributed by atoms with Crippen LogP contribution in [-0.2, 0) is 6.42 Å². The molecule has 0 bridgehead atoms. The summed E-state index contributed by atoms with van der Waals surface area (Å²) in [6.07, 6.45) is 6.84. The minimum atomic E-state index is 0.260. The number of hydrogen-bond acceptors (Lipinski definition) is 6. The van der Waals surface area contributed by atoms with Gasteiger partial charge in [0.05, 0.1) is 6.17 Å². The van der Waals surface area contributed by atoms with Gasteiger partial charge in [0.1, 0.15) is 5.01 Å². The molecule has 0 spiro atoms. The third-order valence-corrected chi connectivity index (χ3v) is 4.82. The number of nitrogens with two attached hydrogens (primary N) is 1. The van der Waals surface area contributed by atoms with Crippen LogP contribution < -0.4 is 11.1 Å².